The van der Waals surface area contributed by atoms with Crippen LogP contribution < -0.4 is 0 Å². The standard InChI is InChI=1S/C22H17F3O2/c1-12-8-15(14-4-3-5-16(23)9-14)10-18(22(12)25)21(27)11-17-13(2)20(26)7-6-19(17)24/h3-10,26H,11H2,1-2H3. The second kappa shape index (κ2) is 7.27. The molecule has 0 aromatic heterocycles. The van der Waals surface area contributed by atoms with Crippen LogP contribution >= 0.6 is 0 Å². The van der Waals surface area contributed by atoms with Crippen molar-refractivity contribution in [2.24, 2.45) is 0 Å². The van der Waals surface area contributed by atoms with Gasteiger partial charge in [0.25, 0.3) is 0 Å². The second-order valence-corrected chi connectivity index (χ2v) is 6.44. The van der Waals surface area contributed by atoms with Crippen LogP contribution in [-0.4, -0.2) is 10.9 Å². The van der Waals surface area contributed by atoms with Crippen molar-refractivity contribution in [2.45, 2.75) is 20.3 Å². The predicted octanol–water partition coefficient (Wildman–Crippen LogP) is 5.52. The molecule has 5 heteroatoms. The molecule has 0 bridgehead atoms. The zero-order valence-electron chi connectivity index (χ0n) is 14.8. The molecule has 3 aromatic carbocycles. The number of halogens is 3. The Morgan fingerprint density at radius 1 is 0.963 bits per heavy atom. The summed E-state index contributed by atoms with van der Waals surface area (Å²) in [5.74, 6) is -2.54. The molecule has 0 fully saturated rings. The molecule has 0 heterocycles. The van der Waals surface area contributed by atoms with Gasteiger partial charge in [-0.3, -0.25) is 4.79 Å². The van der Waals surface area contributed by atoms with Gasteiger partial charge in [-0.05, 0) is 72.5 Å². The van der Waals surface area contributed by atoms with E-state index in [0.29, 0.717) is 11.1 Å². The van der Waals surface area contributed by atoms with Gasteiger partial charge in [0.2, 0.25) is 0 Å². The van der Waals surface area contributed by atoms with Crippen LogP contribution in [0.1, 0.15) is 27.0 Å². The number of benzene rings is 3. The summed E-state index contributed by atoms with van der Waals surface area (Å²) in [6.07, 6.45) is -0.394. The van der Waals surface area contributed by atoms with Crippen molar-refractivity contribution in [1.29, 1.82) is 0 Å². The summed E-state index contributed by atoms with van der Waals surface area (Å²) in [4.78, 5) is 12.7. The third kappa shape index (κ3) is 3.72. The van der Waals surface area contributed by atoms with E-state index in [1.165, 1.54) is 50.2 Å². The topological polar surface area (TPSA) is 37.3 Å². The summed E-state index contributed by atoms with van der Waals surface area (Å²) in [5.41, 5.74) is 1.29. The fraction of sp³-hybridized carbons (Fsp3) is 0.136. The lowest BCUT2D eigenvalue weighted by atomic mass is 9.94. The third-order valence-electron chi connectivity index (χ3n) is 4.56. The van der Waals surface area contributed by atoms with Gasteiger partial charge in [-0.2, -0.15) is 0 Å². The molecule has 1 N–H and O–H groups in total. The van der Waals surface area contributed by atoms with Gasteiger partial charge in [-0.15, -0.1) is 0 Å². The van der Waals surface area contributed by atoms with Gasteiger partial charge >= 0.3 is 0 Å². The average Bonchev–Trinajstić information content (AvgIpc) is 2.64. The van der Waals surface area contributed by atoms with E-state index in [0.717, 1.165) is 6.07 Å². The van der Waals surface area contributed by atoms with E-state index in [4.69, 9.17) is 0 Å². The summed E-state index contributed by atoms with van der Waals surface area (Å²) in [5, 5.41) is 9.74. The Morgan fingerprint density at radius 2 is 1.70 bits per heavy atom. The van der Waals surface area contributed by atoms with Crippen molar-refractivity contribution < 1.29 is 23.1 Å². The van der Waals surface area contributed by atoms with Gasteiger partial charge in [0.15, 0.2) is 5.78 Å². The molecule has 3 aromatic rings. The molecule has 0 aliphatic heterocycles. The largest absolute Gasteiger partial charge is 0.508 e. The highest BCUT2D eigenvalue weighted by Gasteiger charge is 2.20. The summed E-state index contributed by atoms with van der Waals surface area (Å²) in [7, 11) is 0. The van der Waals surface area contributed by atoms with E-state index >= 15 is 0 Å². The Bertz CT molecular complexity index is 1040. The van der Waals surface area contributed by atoms with E-state index in [1.807, 2.05) is 0 Å². The van der Waals surface area contributed by atoms with Gasteiger partial charge in [0, 0.05) is 12.0 Å². The highest BCUT2D eigenvalue weighted by Crippen LogP contribution is 2.28. The van der Waals surface area contributed by atoms with Crippen LogP contribution in [0.2, 0.25) is 0 Å². The maximum Gasteiger partial charge on any atom is 0.170 e. The number of phenols is 1. The lowest BCUT2D eigenvalue weighted by Crippen LogP contribution is -2.10. The predicted molar refractivity (Wildman–Crippen MR) is 97.4 cm³/mol. The van der Waals surface area contributed by atoms with E-state index in [9.17, 15) is 23.1 Å². The van der Waals surface area contributed by atoms with E-state index < -0.39 is 29.7 Å². The monoisotopic (exact) mass is 370 g/mol. The van der Waals surface area contributed by atoms with Crippen LogP contribution in [0.3, 0.4) is 0 Å². The lowest BCUT2D eigenvalue weighted by Gasteiger charge is -2.12. The van der Waals surface area contributed by atoms with Crippen molar-refractivity contribution in [1.82, 2.24) is 0 Å². The van der Waals surface area contributed by atoms with E-state index in [-0.39, 0.29) is 28.0 Å². The Morgan fingerprint density at radius 3 is 2.41 bits per heavy atom. The minimum Gasteiger partial charge on any atom is -0.508 e. The molecular formula is C22H17F3O2. The number of hydrogen-bond donors (Lipinski definition) is 1. The number of carbonyl (C=O) groups excluding carboxylic acids is 1. The van der Waals surface area contributed by atoms with Gasteiger partial charge in [0.1, 0.15) is 23.2 Å². The van der Waals surface area contributed by atoms with Crippen molar-refractivity contribution in [3.8, 4) is 16.9 Å². The average molecular weight is 370 g/mol. The Hall–Kier alpha value is -3.08. The number of rotatable bonds is 4. The Balaban J connectivity index is 2.04. The number of aryl methyl sites for hydroxylation is 1. The summed E-state index contributed by atoms with van der Waals surface area (Å²) < 4.78 is 42.1. The first-order valence-corrected chi connectivity index (χ1v) is 8.34. The number of carbonyl (C=O) groups is 1. The summed E-state index contributed by atoms with van der Waals surface area (Å²) >= 11 is 0. The number of ketones is 1. The van der Waals surface area contributed by atoms with Crippen LogP contribution in [0, 0.1) is 31.3 Å². The number of hydrogen-bond acceptors (Lipinski definition) is 2. The molecule has 0 aliphatic rings. The minimum atomic E-state index is -0.696. The van der Waals surface area contributed by atoms with Crippen LogP contribution in [0.4, 0.5) is 13.2 Å². The van der Waals surface area contributed by atoms with Crippen molar-refractivity contribution >= 4 is 5.78 Å². The fourth-order valence-electron chi connectivity index (χ4n) is 2.99. The third-order valence-corrected chi connectivity index (χ3v) is 4.56. The molecule has 0 unspecified atom stereocenters. The lowest BCUT2D eigenvalue weighted by molar-refractivity contribution is 0.0987. The normalized spacial score (nSPS) is 10.9. The SMILES string of the molecule is Cc1cc(-c2cccc(F)c2)cc(C(=O)Cc2c(F)ccc(O)c2C)c1F. The Labute approximate surface area is 154 Å². The fourth-order valence-corrected chi connectivity index (χ4v) is 2.99. The van der Waals surface area contributed by atoms with E-state index in [2.05, 4.69) is 0 Å². The Kier molecular flexibility index (Phi) is 5.04. The molecular weight excluding hydrogens is 353 g/mol. The molecule has 0 spiro atoms. The molecule has 0 saturated heterocycles. The van der Waals surface area contributed by atoms with Crippen LogP contribution in [0.5, 0.6) is 5.75 Å². The summed E-state index contributed by atoms with van der Waals surface area (Å²) in [6.45, 7) is 3.00. The number of phenolic OH excluding ortho intramolecular Hbond substituents is 1. The highest BCUT2D eigenvalue weighted by molar-refractivity contribution is 5.99. The molecule has 2 nitrogen and oxygen atoms in total. The number of aromatic hydroxyl groups is 1. The van der Waals surface area contributed by atoms with Crippen LogP contribution in [0.25, 0.3) is 11.1 Å². The maximum atomic E-state index is 14.6. The zero-order valence-corrected chi connectivity index (χ0v) is 14.8. The molecule has 0 atom stereocenters. The van der Waals surface area contributed by atoms with E-state index in [1.54, 1.807) is 6.07 Å². The molecule has 27 heavy (non-hydrogen) atoms. The zero-order chi connectivity index (χ0) is 19.7. The first kappa shape index (κ1) is 18.7. The molecule has 3 rings (SSSR count). The quantitative estimate of drug-likeness (QED) is 0.614. The minimum absolute atomic E-state index is 0.0215. The smallest absolute Gasteiger partial charge is 0.170 e. The highest BCUT2D eigenvalue weighted by atomic mass is 19.1. The van der Waals surface area contributed by atoms with Gasteiger partial charge in [0.05, 0.1) is 5.56 Å². The molecule has 0 amide bonds. The maximum absolute atomic E-state index is 14.6. The second-order valence-electron chi connectivity index (χ2n) is 6.44. The first-order valence-electron chi connectivity index (χ1n) is 8.34. The molecule has 0 aliphatic carbocycles. The molecule has 0 saturated carbocycles. The van der Waals surface area contributed by atoms with Crippen molar-refractivity contribution in [2.75, 3.05) is 0 Å². The van der Waals surface area contributed by atoms with Gasteiger partial charge in [-0.25, -0.2) is 13.2 Å². The van der Waals surface area contributed by atoms with Crippen molar-refractivity contribution in [3.63, 3.8) is 0 Å². The van der Waals surface area contributed by atoms with Gasteiger partial charge in [-0.1, -0.05) is 12.1 Å². The van der Waals surface area contributed by atoms with Crippen LogP contribution in [0.15, 0.2) is 48.5 Å². The summed E-state index contributed by atoms with van der Waals surface area (Å²) in [6, 6.07) is 10.9. The van der Waals surface area contributed by atoms with Gasteiger partial charge < -0.3 is 5.11 Å². The number of Topliss-reactive ketones (excluding diaryl/α,β-unsaturated/α-hetero) is 1. The van der Waals surface area contributed by atoms with Crippen molar-refractivity contribution in [3.05, 3.63) is 88.2 Å². The molecule has 0 radical (unpaired) electrons. The molecule has 138 valence electrons. The first-order chi connectivity index (χ1) is 12.8. The van der Waals surface area contributed by atoms with Crippen LogP contribution in [-0.2, 0) is 6.42 Å².